The standard InChI is InChI=1S/C12H20N2/c1-10(9-13)8-12(14-2)11-6-4-3-5-7-11/h11-12,14H,1,3-8H2,2H3. The van der Waals surface area contributed by atoms with Crippen LogP contribution in [0.2, 0.25) is 0 Å². The van der Waals surface area contributed by atoms with E-state index in [0.717, 1.165) is 12.3 Å². The van der Waals surface area contributed by atoms with Crippen molar-refractivity contribution in [3.63, 3.8) is 0 Å². The van der Waals surface area contributed by atoms with E-state index in [9.17, 15) is 0 Å². The van der Waals surface area contributed by atoms with Gasteiger partial charge in [0.05, 0.1) is 6.07 Å². The lowest BCUT2D eigenvalue weighted by atomic mass is 9.82. The summed E-state index contributed by atoms with van der Waals surface area (Å²) in [7, 11) is 1.99. The predicted molar refractivity (Wildman–Crippen MR) is 58.8 cm³/mol. The van der Waals surface area contributed by atoms with E-state index in [1.165, 1.54) is 32.1 Å². The molecule has 1 rings (SSSR count). The van der Waals surface area contributed by atoms with Crippen LogP contribution in [0.4, 0.5) is 0 Å². The van der Waals surface area contributed by atoms with Gasteiger partial charge < -0.3 is 5.32 Å². The second-order valence-corrected chi connectivity index (χ2v) is 4.21. The van der Waals surface area contributed by atoms with Crippen molar-refractivity contribution in [3.05, 3.63) is 12.2 Å². The third-order valence-corrected chi connectivity index (χ3v) is 3.21. The number of nitrogens with zero attached hydrogens (tertiary/aromatic N) is 1. The highest BCUT2D eigenvalue weighted by molar-refractivity contribution is 5.17. The van der Waals surface area contributed by atoms with E-state index in [4.69, 9.17) is 5.26 Å². The van der Waals surface area contributed by atoms with E-state index in [2.05, 4.69) is 18.0 Å². The molecule has 0 saturated heterocycles. The molecule has 0 aromatic rings. The van der Waals surface area contributed by atoms with Gasteiger partial charge in [-0.1, -0.05) is 25.8 Å². The fourth-order valence-electron chi connectivity index (χ4n) is 2.35. The van der Waals surface area contributed by atoms with E-state index in [1.807, 2.05) is 7.05 Å². The Labute approximate surface area is 87.0 Å². The Morgan fingerprint density at radius 2 is 2.14 bits per heavy atom. The molecule has 0 aromatic carbocycles. The Morgan fingerprint density at radius 1 is 1.50 bits per heavy atom. The maximum Gasteiger partial charge on any atom is 0.0941 e. The first-order valence-electron chi connectivity index (χ1n) is 5.53. The summed E-state index contributed by atoms with van der Waals surface area (Å²) in [5.74, 6) is 0.749. The van der Waals surface area contributed by atoms with Crippen molar-refractivity contribution in [3.8, 4) is 6.07 Å². The van der Waals surface area contributed by atoms with Crippen LogP contribution in [0.15, 0.2) is 12.2 Å². The van der Waals surface area contributed by atoms with Gasteiger partial charge in [0, 0.05) is 11.6 Å². The van der Waals surface area contributed by atoms with Gasteiger partial charge in [0.2, 0.25) is 0 Å². The minimum atomic E-state index is 0.461. The number of rotatable bonds is 4. The molecule has 0 aliphatic heterocycles. The number of nitrogens with one attached hydrogen (secondary N) is 1. The minimum Gasteiger partial charge on any atom is -0.316 e. The Kier molecular flexibility index (Phi) is 4.69. The van der Waals surface area contributed by atoms with Gasteiger partial charge in [-0.25, -0.2) is 0 Å². The van der Waals surface area contributed by atoms with Crippen molar-refractivity contribution >= 4 is 0 Å². The maximum atomic E-state index is 8.70. The van der Waals surface area contributed by atoms with Crippen LogP contribution in [0.1, 0.15) is 38.5 Å². The molecule has 1 saturated carbocycles. The van der Waals surface area contributed by atoms with Crippen LogP contribution >= 0.6 is 0 Å². The van der Waals surface area contributed by atoms with Gasteiger partial charge in [0.15, 0.2) is 0 Å². The van der Waals surface area contributed by atoms with Crippen molar-refractivity contribution < 1.29 is 0 Å². The van der Waals surface area contributed by atoms with Crippen LogP contribution in [-0.4, -0.2) is 13.1 Å². The second kappa shape index (κ2) is 5.82. The van der Waals surface area contributed by atoms with Crippen LogP contribution in [0.25, 0.3) is 0 Å². The molecule has 1 N–H and O–H groups in total. The Bertz CT molecular complexity index is 221. The molecule has 0 amide bonds. The molecule has 1 atom stereocenters. The van der Waals surface area contributed by atoms with Crippen molar-refractivity contribution in [2.75, 3.05) is 7.05 Å². The lowest BCUT2D eigenvalue weighted by molar-refractivity contribution is 0.277. The van der Waals surface area contributed by atoms with Crippen molar-refractivity contribution in [1.29, 1.82) is 5.26 Å². The lowest BCUT2D eigenvalue weighted by Crippen LogP contribution is -2.35. The Morgan fingerprint density at radius 3 is 2.64 bits per heavy atom. The normalized spacial score (nSPS) is 20.0. The zero-order chi connectivity index (χ0) is 10.4. The molecule has 1 aliphatic rings. The second-order valence-electron chi connectivity index (χ2n) is 4.21. The Hall–Kier alpha value is -0.810. The molecular weight excluding hydrogens is 172 g/mol. The van der Waals surface area contributed by atoms with Gasteiger partial charge >= 0.3 is 0 Å². The first-order chi connectivity index (χ1) is 6.77. The molecule has 1 aliphatic carbocycles. The molecule has 0 spiro atoms. The first kappa shape index (κ1) is 11.3. The maximum absolute atomic E-state index is 8.70. The summed E-state index contributed by atoms with van der Waals surface area (Å²) in [4.78, 5) is 0. The highest BCUT2D eigenvalue weighted by atomic mass is 14.9. The van der Waals surface area contributed by atoms with Gasteiger partial charge in [-0.15, -0.1) is 0 Å². The number of hydrogen-bond acceptors (Lipinski definition) is 2. The average Bonchev–Trinajstić information content (AvgIpc) is 2.26. The largest absolute Gasteiger partial charge is 0.316 e. The number of nitriles is 1. The van der Waals surface area contributed by atoms with E-state index >= 15 is 0 Å². The summed E-state index contributed by atoms with van der Waals surface area (Å²) in [5, 5.41) is 12.0. The summed E-state index contributed by atoms with van der Waals surface area (Å²) >= 11 is 0. The molecule has 78 valence electrons. The van der Waals surface area contributed by atoms with Gasteiger partial charge in [0.1, 0.15) is 0 Å². The molecule has 0 heterocycles. The van der Waals surface area contributed by atoms with E-state index in [-0.39, 0.29) is 0 Å². The fraction of sp³-hybridized carbons (Fsp3) is 0.750. The summed E-state index contributed by atoms with van der Waals surface area (Å²) in [6.07, 6.45) is 7.52. The summed E-state index contributed by atoms with van der Waals surface area (Å²) in [5.41, 5.74) is 0.704. The highest BCUT2D eigenvalue weighted by Gasteiger charge is 2.22. The van der Waals surface area contributed by atoms with Gasteiger partial charge in [-0.3, -0.25) is 0 Å². The monoisotopic (exact) mass is 192 g/mol. The van der Waals surface area contributed by atoms with E-state index < -0.39 is 0 Å². The topological polar surface area (TPSA) is 35.8 Å². The zero-order valence-corrected chi connectivity index (χ0v) is 9.05. The lowest BCUT2D eigenvalue weighted by Gasteiger charge is -2.29. The van der Waals surface area contributed by atoms with E-state index in [1.54, 1.807) is 0 Å². The summed E-state index contributed by atoms with van der Waals surface area (Å²) in [6, 6.07) is 2.59. The molecular formula is C12H20N2. The smallest absolute Gasteiger partial charge is 0.0941 e. The highest BCUT2D eigenvalue weighted by Crippen LogP contribution is 2.28. The molecule has 0 bridgehead atoms. The molecule has 2 heteroatoms. The number of hydrogen-bond donors (Lipinski definition) is 1. The summed E-state index contributed by atoms with van der Waals surface area (Å²) < 4.78 is 0. The van der Waals surface area contributed by atoms with Gasteiger partial charge in [0.25, 0.3) is 0 Å². The van der Waals surface area contributed by atoms with Crippen LogP contribution < -0.4 is 5.32 Å². The van der Waals surface area contributed by atoms with Crippen LogP contribution in [-0.2, 0) is 0 Å². The summed E-state index contributed by atoms with van der Waals surface area (Å²) in [6.45, 7) is 3.75. The average molecular weight is 192 g/mol. The minimum absolute atomic E-state index is 0.461. The van der Waals surface area contributed by atoms with Crippen molar-refractivity contribution in [1.82, 2.24) is 5.32 Å². The van der Waals surface area contributed by atoms with Crippen LogP contribution in [0.3, 0.4) is 0 Å². The predicted octanol–water partition coefficient (Wildman–Crippen LogP) is 2.62. The third kappa shape index (κ3) is 3.16. The van der Waals surface area contributed by atoms with Crippen LogP contribution in [0, 0.1) is 17.2 Å². The molecule has 14 heavy (non-hydrogen) atoms. The van der Waals surface area contributed by atoms with Gasteiger partial charge in [-0.2, -0.15) is 5.26 Å². The fourth-order valence-corrected chi connectivity index (χ4v) is 2.35. The molecule has 1 fully saturated rings. The van der Waals surface area contributed by atoms with Crippen LogP contribution in [0.5, 0.6) is 0 Å². The van der Waals surface area contributed by atoms with Crippen molar-refractivity contribution in [2.45, 2.75) is 44.6 Å². The molecule has 1 unspecified atom stereocenters. The SMILES string of the molecule is C=C(C#N)CC(NC)C1CCCCC1. The third-order valence-electron chi connectivity index (χ3n) is 3.21. The quantitative estimate of drug-likeness (QED) is 0.695. The van der Waals surface area contributed by atoms with E-state index in [0.29, 0.717) is 11.6 Å². The van der Waals surface area contributed by atoms with Gasteiger partial charge in [-0.05, 0) is 32.2 Å². The molecule has 0 radical (unpaired) electrons. The first-order valence-corrected chi connectivity index (χ1v) is 5.53. The molecule has 2 nitrogen and oxygen atoms in total. The molecule has 0 aromatic heterocycles. The zero-order valence-electron chi connectivity index (χ0n) is 9.05. The Balaban J connectivity index is 2.44. The van der Waals surface area contributed by atoms with Crippen molar-refractivity contribution in [2.24, 2.45) is 5.92 Å².